The quantitative estimate of drug-likeness (QED) is 0.662. The third-order valence-corrected chi connectivity index (χ3v) is 5.79. The van der Waals surface area contributed by atoms with Crippen molar-refractivity contribution in [3.05, 3.63) is 53.3 Å². The number of rotatable bonds is 6. The maximum atomic E-state index is 12.8. The van der Waals surface area contributed by atoms with E-state index in [9.17, 15) is 13.2 Å². The van der Waals surface area contributed by atoms with Crippen molar-refractivity contribution < 1.29 is 13.2 Å². The molecule has 0 unspecified atom stereocenters. The number of fused-ring (bicyclic) bond motifs is 1. The number of carbonyl (C=O) groups is 1. The van der Waals surface area contributed by atoms with Crippen LogP contribution in [0.1, 0.15) is 35.5 Å². The maximum Gasteiger partial charge on any atom is 0.263 e. The summed E-state index contributed by atoms with van der Waals surface area (Å²) < 4.78 is 29.4. The Labute approximate surface area is 168 Å². The third kappa shape index (κ3) is 3.90. The number of amides is 1. The summed E-state index contributed by atoms with van der Waals surface area (Å²) in [7, 11) is -3.94. The Kier molecular flexibility index (Phi) is 5.52. The molecule has 150 valence electrons. The van der Waals surface area contributed by atoms with Gasteiger partial charge in [0.15, 0.2) is 5.65 Å². The second kappa shape index (κ2) is 7.89. The predicted molar refractivity (Wildman–Crippen MR) is 107 cm³/mol. The molecule has 0 radical (unpaired) electrons. The molecule has 0 bridgehead atoms. The monoisotopic (exact) mass is 412 g/mol. The van der Waals surface area contributed by atoms with Gasteiger partial charge >= 0.3 is 0 Å². The van der Waals surface area contributed by atoms with Crippen LogP contribution in [0, 0.1) is 18.3 Å². The Balaban J connectivity index is 1.93. The lowest BCUT2D eigenvalue weighted by Gasteiger charge is -2.18. The van der Waals surface area contributed by atoms with Crippen LogP contribution in [-0.4, -0.2) is 46.9 Å². The third-order valence-electron chi connectivity index (χ3n) is 4.42. The minimum Gasteiger partial charge on any atom is -0.339 e. The Hall–Kier alpha value is -3.45. The predicted octanol–water partition coefficient (Wildman–Crippen LogP) is 2.19. The van der Waals surface area contributed by atoms with E-state index in [0.717, 1.165) is 0 Å². The summed E-state index contributed by atoms with van der Waals surface area (Å²) in [5.41, 5.74) is 1.46. The van der Waals surface area contributed by atoms with Gasteiger partial charge < -0.3 is 4.90 Å². The van der Waals surface area contributed by atoms with Crippen LogP contribution < -0.4 is 4.72 Å². The highest BCUT2D eigenvalue weighted by Gasteiger charge is 2.19. The van der Waals surface area contributed by atoms with Gasteiger partial charge in [-0.05, 0) is 45.0 Å². The molecule has 29 heavy (non-hydrogen) atoms. The number of sulfonamides is 1. The van der Waals surface area contributed by atoms with Gasteiger partial charge in [0.1, 0.15) is 17.5 Å². The fraction of sp³-hybridized carbons (Fsp3) is 0.263. The van der Waals surface area contributed by atoms with Crippen LogP contribution in [-0.2, 0) is 10.0 Å². The first-order chi connectivity index (χ1) is 13.8. The number of hydrogen-bond acceptors (Lipinski definition) is 6. The minimum atomic E-state index is -3.94. The number of carbonyl (C=O) groups excluding carboxylic acids is 1. The van der Waals surface area contributed by atoms with Crippen molar-refractivity contribution in [2.75, 3.05) is 17.8 Å². The second-order valence-electron chi connectivity index (χ2n) is 6.30. The molecular formula is C19H20N6O3S. The van der Waals surface area contributed by atoms with Crippen molar-refractivity contribution in [3.63, 3.8) is 0 Å². The van der Waals surface area contributed by atoms with Crippen LogP contribution in [0.25, 0.3) is 5.65 Å². The molecule has 10 heteroatoms. The number of aryl methyl sites for hydroxylation is 1. The van der Waals surface area contributed by atoms with Crippen molar-refractivity contribution in [1.29, 1.82) is 5.26 Å². The van der Waals surface area contributed by atoms with E-state index in [2.05, 4.69) is 14.8 Å². The molecule has 3 aromatic rings. The molecule has 0 aliphatic rings. The van der Waals surface area contributed by atoms with E-state index in [1.165, 1.54) is 41.0 Å². The van der Waals surface area contributed by atoms with E-state index >= 15 is 0 Å². The lowest BCUT2D eigenvalue weighted by Crippen LogP contribution is -2.30. The summed E-state index contributed by atoms with van der Waals surface area (Å²) in [4.78, 5) is 18.3. The fourth-order valence-corrected chi connectivity index (χ4v) is 3.94. The lowest BCUT2D eigenvalue weighted by atomic mass is 10.2. The topological polar surface area (TPSA) is 120 Å². The van der Waals surface area contributed by atoms with Crippen molar-refractivity contribution in [2.24, 2.45) is 0 Å². The van der Waals surface area contributed by atoms with E-state index in [1.54, 1.807) is 11.8 Å². The van der Waals surface area contributed by atoms with Crippen LogP contribution in [0.15, 0.2) is 41.4 Å². The fourth-order valence-electron chi connectivity index (χ4n) is 2.90. The molecule has 0 aliphatic heterocycles. The van der Waals surface area contributed by atoms with Crippen molar-refractivity contribution in [3.8, 4) is 6.07 Å². The number of nitrogens with zero attached hydrogens (tertiary/aromatic N) is 5. The first-order valence-electron chi connectivity index (χ1n) is 8.98. The number of benzene rings is 1. The van der Waals surface area contributed by atoms with E-state index in [1.807, 2.05) is 19.9 Å². The standard InChI is InChI=1S/C19H20N6O3S/c1-4-24(5-2)19(26)14-6-8-16(9-7-14)29(27,28)23-17-10-13(3)22-18-15(11-20)12-21-25(17)18/h6-10,12,23H,4-5H2,1-3H3. The zero-order valence-electron chi connectivity index (χ0n) is 16.2. The highest BCUT2D eigenvalue weighted by Crippen LogP contribution is 2.20. The number of anilines is 1. The summed E-state index contributed by atoms with van der Waals surface area (Å²) in [5, 5.41) is 13.2. The Morgan fingerprint density at radius 2 is 1.90 bits per heavy atom. The van der Waals surface area contributed by atoms with Gasteiger partial charge in [-0.15, -0.1) is 0 Å². The first-order valence-corrected chi connectivity index (χ1v) is 10.5. The highest BCUT2D eigenvalue weighted by molar-refractivity contribution is 7.92. The van der Waals surface area contributed by atoms with Crippen LogP contribution in [0.3, 0.4) is 0 Å². The lowest BCUT2D eigenvalue weighted by molar-refractivity contribution is 0.0773. The molecular weight excluding hydrogens is 392 g/mol. The van der Waals surface area contributed by atoms with Gasteiger partial charge in [-0.2, -0.15) is 14.9 Å². The molecule has 0 aliphatic carbocycles. The summed E-state index contributed by atoms with van der Waals surface area (Å²) in [6, 6.07) is 9.25. The van der Waals surface area contributed by atoms with E-state index in [0.29, 0.717) is 24.3 Å². The van der Waals surface area contributed by atoms with Gasteiger partial charge in [-0.1, -0.05) is 0 Å². The van der Waals surface area contributed by atoms with Gasteiger partial charge in [0, 0.05) is 30.4 Å². The van der Waals surface area contributed by atoms with Crippen molar-refractivity contribution in [2.45, 2.75) is 25.7 Å². The Bertz CT molecular complexity index is 1210. The molecule has 0 atom stereocenters. The minimum absolute atomic E-state index is 0.00359. The number of nitrogens with one attached hydrogen (secondary N) is 1. The van der Waals surface area contributed by atoms with Gasteiger partial charge in [0.25, 0.3) is 15.9 Å². The molecule has 1 aromatic carbocycles. The highest BCUT2D eigenvalue weighted by atomic mass is 32.2. The van der Waals surface area contributed by atoms with Gasteiger partial charge in [-0.3, -0.25) is 9.52 Å². The van der Waals surface area contributed by atoms with Gasteiger partial charge in [0.2, 0.25) is 0 Å². The number of hydrogen-bond donors (Lipinski definition) is 1. The van der Waals surface area contributed by atoms with Crippen LogP contribution in [0.4, 0.5) is 5.82 Å². The molecule has 3 rings (SSSR count). The zero-order chi connectivity index (χ0) is 21.2. The average molecular weight is 412 g/mol. The van der Waals surface area contributed by atoms with Crippen molar-refractivity contribution >= 4 is 27.4 Å². The normalized spacial score (nSPS) is 11.2. The summed E-state index contributed by atoms with van der Waals surface area (Å²) >= 11 is 0. The van der Waals surface area contributed by atoms with E-state index in [4.69, 9.17) is 5.26 Å². The largest absolute Gasteiger partial charge is 0.339 e. The van der Waals surface area contributed by atoms with Gasteiger partial charge in [0.05, 0.1) is 11.1 Å². The van der Waals surface area contributed by atoms with Crippen LogP contribution in [0.5, 0.6) is 0 Å². The summed E-state index contributed by atoms with van der Waals surface area (Å²) in [6.45, 7) is 6.61. The molecule has 0 saturated carbocycles. The SMILES string of the molecule is CCN(CC)C(=O)c1ccc(S(=O)(=O)Nc2cc(C)nc3c(C#N)cnn23)cc1. The first kappa shape index (κ1) is 20.3. The Morgan fingerprint density at radius 3 is 2.48 bits per heavy atom. The second-order valence-corrected chi connectivity index (χ2v) is 7.98. The molecule has 0 fully saturated rings. The van der Waals surface area contributed by atoms with E-state index < -0.39 is 10.0 Å². The van der Waals surface area contributed by atoms with Crippen LogP contribution >= 0.6 is 0 Å². The maximum absolute atomic E-state index is 12.8. The number of aromatic nitrogens is 3. The average Bonchev–Trinajstić information content (AvgIpc) is 3.11. The summed E-state index contributed by atoms with van der Waals surface area (Å²) in [5.74, 6) is 0.0104. The molecule has 2 heterocycles. The van der Waals surface area contributed by atoms with Crippen molar-refractivity contribution in [1.82, 2.24) is 19.5 Å². The number of nitriles is 1. The summed E-state index contributed by atoms with van der Waals surface area (Å²) in [6.07, 6.45) is 1.33. The Morgan fingerprint density at radius 1 is 1.24 bits per heavy atom. The molecule has 1 amide bonds. The van der Waals surface area contributed by atoms with Gasteiger partial charge in [-0.25, -0.2) is 13.4 Å². The zero-order valence-corrected chi connectivity index (χ0v) is 17.1. The molecule has 9 nitrogen and oxygen atoms in total. The van der Waals surface area contributed by atoms with Crippen LogP contribution in [0.2, 0.25) is 0 Å². The molecule has 0 spiro atoms. The molecule has 0 saturated heterocycles. The van der Waals surface area contributed by atoms with E-state index in [-0.39, 0.29) is 27.8 Å². The smallest absolute Gasteiger partial charge is 0.263 e. The molecule has 1 N–H and O–H groups in total. The molecule has 2 aromatic heterocycles.